The van der Waals surface area contributed by atoms with E-state index in [0.717, 1.165) is 5.56 Å². The van der Waals surface area contributed by atoms with Crippen LogP contribution in [0.4, 0.5) is 0 Å². The zero-order valence-corrected chi connectivity index (χ0v) is 14.5. The first-order valence-electron chi connectivity index (χ1n) is 8.28. The van der Waals surface area contributed by atoms with E-state index in [1.807, 2.05) is 30.3 Å². The molecular weight excluding hydrogens is 326 g/mol. The first-order valence-corrected chi connectivity index (χ1v) is 8.28. The highest BCUT2D eigenvalue weighted by Gasteiger charge is 2.57. The Morgan fingerprint density at radius 2 is 2.04 bits per heavy atom. The predicted molar refractivity (Wildman–Crippen MR) is 87.4 cm³/mol. The SMILES string of the molecule is CC(=O)N[C@H](C=O)[C@H]1O[C@@H]2OC(C)(C)O[C@@H]2[C@H]1OCc1ccccc1. The lowest BCUT2D eigenvalue weighted by Crippen LogP contribution is -2.50. The maximum Gasteiger partial charge on any atom is 0.217 e. The van der Waals surface area contributed by atoms with Crippen molar-refractivity contribution in [1.82, 2.24) is 5.32 Å². The van der Waals surface area contributed by atoms with Gasteiger partial charge in [-0.25, -0.2) is 0 Å². The van der Waals surface area contributed by atoms with Crippen LogP contribution in [0.1, 0.15) is 26.3 Å². The van der Waals surface area contributed by atoms with E-state index in [9.17, 15) is 9.59 Å². The molecule has 2 aliphatic rings. The molecule has 5 atom stereocenters. The normalized spacial score (nSPS) is 31.3. The van der Waals surface area contributed by atoms with Crippen molar-refractivity contribution in [2.45, 2.75) is 63.8 Å². The molecule has 1 aromatic rings. The summed E-state index contributed by atoms with van der Waals surface area (Å²) in [7, 11) is 0. The predicted octanol–water partition coefficient (Wildman–Crippen LogP) is 1.15. The highest BCUT2D eigenvalue weighted by molar-refractivity contribution is 5.77. The number of ether oxygens (including phenoxy) is 4. The Morgan fingerprint density at radius 3 is 2.68 bits per heavy atom. The fraction of sp³-hybridized carbons (Fsp3) is 0.556. The molecule has 2 aliphatic heterocycles. The zero-order chi connectivity index (χ0) is 18.0. The van der Waals surface area contributed by atoms with Crippen molar-refractivity contribution >= 4 is 12.2 Å². The van der Waals surface area contributed by atoms with Crippen molar-refractivity contribution < 1.29 is 28.5 Å². The van der Waals surface area contributed by atoms with E-state index in [-0.39, 0.29) is 5.91 Å². The van der Waals surface area contributed by atoms with Gasteiger partial charge in [0.05, 0.1) is 6.61 Å². The van der Waals surface area contributed by atoms with Crippen LogP contribution < -0.4 is 5.32 Å². The van der Waals surface area contributed by atoms with Crippen LogP contribution in [0.2, 0.25) is 0 Å². The summed E-state index contributed by atoms with van der Waals surface area (Å²) in [5.41, 5.74) is 0.991. The monoisotopic (exact) mass is 349 g/mol. The van der Waals surface area contributed by atoms with E-state index >= 15 is 0 Å². The van der Waals surface area contributed by atoms with Gasteiger partial charge in [0.1, 0.15) is 30.6 Å². The lowest BCUT2D eigenvalue weighted by Gasteiger charge is -2.28. The van der Waals surface area contributed by atoms with Gasteiger partial charge in [-0.2, -0.15) is 0 Å². The van der Waals surface area contributed by atoms with Crippen LogP contribution in [0.15, 0.2) is 30.3 Å². The second-order valence-corrected chi connectivity index (χ2v) is 6.69. The summed E-state index contributed by atoms with van der Waals surface area (Å²) < 4.78 is 23.5. The van der Waals surface area contributed by atoms with Gasteiger partial charge in [-0.15, -0.1) is 0 Å². The number of hydrogen-bond donors (Lipinski definition) is 1. The number of fused-ring (bicyclic) bond motifs is 1. The fourth-order valence-electron chi connectivity index (χ4n) is 3.18. The first-order chi connectivity index (χ1) is 11.9. The maximum absolute atomic E-state index is 11.5. The molecule has 0 unspecified atom stereocenters. The Labute approximate surface area is 146 Å². The van der Waals surface area contributed by atoms with E-state index in [2.05, 4.69) is 5.32 Å². The van der Waals surface area contributed by atoms with Gasteiger partial charge in [0.25, 0.3) is 0 Å². The topological polar surface area (TPSA) is 83.1 Å². The number of rotatable bonds is 6. The third-order valence-electron chi connectivity index (χ3n) is 4.18. The molecule has 1 N–H and O–H groups in total. The Morgan fingerprint density at radius 1 is 1.32 bits per heavy atom. The Balaban J connectivity index is 1.76. The van der Waals surface area contributed by atoms with E-state index in [4.69, 9.17) is 18.9 Å². The molecule has 0 radical (unpaired) electrons. The summed E-state index contributed by atoms with van der Waals surface area (Å²) in [5, 5.41) is 2.59. The lowest BCUT2D eigenvalue weighted by molar-refractivity contribution is -0.221. The molecule has 7 heteroatoms. The minimum atomic E-state index is -0.834. The van der Waals surface area contributed by atoms with E-state index < -0.39 is 36.4 Å². The number of benzene rings is 1. The summed E-state index contributed by atoms with van der Waals surface area (Å²) in [6, 6.07) is 8.84. The molecule has 2 fully saturated rings. The lowest BCUT2D eigenvalue weighted by atomic mass is 10.0. The third-order valence-corrected chi connectivity index (χ3v) is 4.18. The van der Waals surface area contributed by atoms with Gasteiger partial charge < -0.3 is 29.1 Å². The molecule has 0 aliphatic carbocycles. The standard InChI is InChI=1S/C18H23NO6/c1-11(21)19-13(9-20)14-15(22-10-12-7-5-4-6-8-12)16-17(23-14)25-18(2,3)24-16/h4-9,13-17H,10H2,1-3H3,(H,19,21)/t13-,14-,15+,16-,17-/m1/s1. The minimum absolute atomic E-state index is 0.318. The molecule has 2 saturated heterocycles. The largest absolute Gasteiger partial charge is 0.368 e. The number of carbonyl (C=O) groups excluding carboxylic acids is 2. The Bertz CT molecular complexity index is 619. The zero-order valence-electron chi connectivity index (χ0n) is 14.5. The molecule has 0 bridgehead atoms. The molecule has 1 aromatic carbocycles. The summed E-state index contributed by atoms with van der Waals surface area (Å²) >= 11 is 0. The van der Waals surface area contributed by atoms with Crippen LogP contribution in [0, 0.1) is 0 Å². The maximum atomic E-state index is 11.5. The molecule has 0 spiro atoms. The van der Waals surface area contributed by atoms with Crippen LogP contribution in [-0.4, -0.2) is 48.6 Å². The van der Waals surface area contributed by atoms with Gasteiger partial charge in [0.15, 0.2) is 12.1 Å². The smallest absolute Gasteiger partial charge is 0.217 e. The number of nitrogens with one attached hydrogen (secondary N) is 1. The van der Waals surface area contributed by atoms with Crippen molar-refractivity contribution in [3.63, 3.8) is 0 Å². The van der Waals surface area contributed by atoms with Crippen molar-refractivity contribution in [3.8, 4) is 0 Å². The molecular formula is C18H23NO6. The molecule has 1 amide bonds. The molecule has 0 saturated carbocycles. The van der Waals surface area contributed by atoms with Gasteiger partial charge in [0, 0.05) is 6.92 Å². The van der Waals surface area contributed by atoms with E-state index in [1.54, 1.807) is 13.8 Å². The van der Waals surface area contributed by atoms with Crippen molar-refractivity contribution in [2.24, 2.45) is 0 Å². The summed E-state index contributed by atoms with van der Waals surface area (Å²) in [6.07, 6.45) is -1.70. The van der Waals surface area contributed by atoms with Crippen LogP contribution in [0.3, 0.4) is 0 Å². The second kappa shape index (κ2) is 7.21. The molecule has 2 heterocycles. The van der Waals surface area contributed by atoms with E-state index in [0.29, 0.717) is 12.9 Å². The van der Waals surface area contributed by atoms with Crippen molar-refractivity contribution in [1.29, 1.82) is 0 Å². The van der Waals surface area contributed by atoms with Crippen LogP contribution in [-0.2, 0) is 35.1 Å². The summed E-state index contributed by atoms with van der Waals surface area (Å²) in [5.74, 6) is -1.11. The summed E-state index contributed by atoms with van der Waals surface area (Å²) in [6.45, 7) is 5.28. The molecule has 0 aromatic heterocycles. The average Bonchev–Trinajstić information content (AvgIpc) is 3.03. The molecule has 25 heavy (non-hydrogen) atoms. The molecule has 136 valence electrons. The summed E-state index contributed by atoms with van der Waals surface area (Å²) in [4.78, 5) is 22.8. The number of hydrogen-bond acceptors (Lipinski definition) is 6. The highest BCUT2D eigenvalue weighted by atomic mass is 16.8. The van der Waals surface area contributed by atoms with Gasteiger partial charge in [-0.1, -0.05) is 30.3 Å². The highest BCUT2D eigenvalue weighted by Crippen LogP contribution is 2.39. The van der Waals surface area contributed by atoms with Gasteiger partial charge >= 0.3 is 0 Å². The van der Waals surface area contributed by atoms with Crippen molar-refractivity contribution in [3.05, 3.63) is 35.9 Å². The number of amides is 1. The average molecular weight is 349 g/mol. The quantitative estimate of drug-likeness (QED) is 0.776. The minimum Gasteiger partial charge on any atom is -0.368 e. The van der Waals surface area contributed by atoms with Gasteiger partial charge in [-0.3, -0.25) is 4.79 Å². The third kappa shape index (κ3) is 4.07. The van der Waals surface area contributed by atoms with Crippen LogP contribution in [0.25, 0.3) is 0 Å². The number of aldehydes is 1. The van der Waals surface area contributed by atoms with Gasteiger partial charge in [-0.05, 0) is 19.4 Å². The van der Waals surface area contributed by atoms with Crippen LogP contribution >= 0.6 is 0 Å². The fourth-order valence-corrected chi connectivity index (χ4v) is 3.18. The Hall–Kier alpha value is -1.80. The van der Waals surface area contributed by atoms with Crippen molar-refractivity contribution in [2.75, 3.05) is 0 Å². The second-order valence-electron chi connectivity index (χ2n) is 6.69. The number of carbonyl (C=O) groups is 2. The Kier molecular flexibility index (Phi) is 5.19. The molecule has 7 nitrogen and oxygen atoms in total. The van der Waals surface area contributed by atoms with Gasteiger partial charge in [0.2, 0.25) is 5.91 Å². The van der Waals surface area contributed by atoms with Crippen LogP contribution in [0.5, 0.6) is 0 Å². The first kappa shape index (κ1) is 18.0. The molecule has 3 rings (SSSR count). The van der Waals surface area contributed by atoms with E-state index in [1.165, 1.54) is 6.92 Å².